The second-order valence-corrected chi connectivity index (χ2v) is 7.25. The van der Waals surface area contributed by atoms with E-state index >= 15 is 0 Å². The number of rotatable bonds is 4. The summed E-state index contributed by atoms with van der Waals surface area (Å²) in [6.45, 7) is 0.0767. The fraction of sp³-hybridized carbons (Fsp3) is 0.286. The summed E-state index contributed by atoms with van der Waals surface area (Å²) in [4.78, 5) is 40.3. The first-order valence-corrected chi connectivity index (χ1v) is 9.54. The number of carbonyl (C=O) groups excluding carboxylic acids is 1. The highest BCUT2D eigenvalue weighted by molar-refractivity contribution is 5.82. The zero-order valence-electron chi connectivity index (χ0n) is 15.6. The van der Waals surface area contributed by atoms with E-state index in [1.807, 2.05) is 18.2 Å². The summed E-state index contributed by atoms with van der Waals surface area (Å²) in [5.74, 6) is 0.760. The molecule has 3 aromatic rings. The summed E-state index contributed by atoms with van der Waals surface area (Å²) in [5.41, 5.74) is 1.75. The molecule has 1 aliphatic carbocycles. The molecule has 148 valence electrons. The Balaban J connectivity index is 1.34. The van der Waals surface area contributed by atoms with Crippen molar-refractivity contribution in [3.63, 3.8) is 0 Å². The van der Waals surface area contributed by atoms with Crippen LogP contribution < -0.4 is 26.0 Å². The number of hydrogen-bond acceptors (Lipinski definition) is 5. The fourth-order valence-electron chi connectivity index (χ4n) is 4.03. The van der Waals surface area contributed by atoms with Crippen molar-refractivity contribution >= 4 is 16.8 Å². The van der Waals surface area contributed by atoms with Crippen LogP contribution in [0.5, 0.6) is 11.5 Å². The third-order valence-corrected chi connectivity index (χ3v) is 5.51. The molecular formula is C21H19N3O5. The average Bonchev–Trinajstić information content (AvgIpc) is 3.33. The summed E-state index contributed by atoms with van der Waals surface area (Å²) in [6.07, 6.45) is 1.83. The highest BCUT2D eigenvalue weighted by Crippen LogP contribution is 2.34. The van der Waals surface area contributed by atoms with Gasteiger partial charge in [-0.15, -0.1) is 0 Å². The molecule has 0 saturated heterocycles. The van der Waals surface area contributed by atoms with Gasteiger partial charge in [0.15, 0.2) is 11.5 Å². The fourth-order valence-corrected chi connectivity index (χ4v) is 4.03. The third-order valence-electron chi connectivity index (χ3n) is 5.51. The Labute approximate surface area is 165 Å². The first-order chi connectivity index (χ1) is 14.1. The van der Waals surface area contributed by atoms with Crippen LogP contribution >= 0.6 is 0 Å². The topological polar surface area (TPSA) is 102 Å². The number of hydrogen-bond donors (Lipinski definition) is 2. The molecule has 0 spiro atoms. The first-order valence-electron chi connectivity index (χ1n) is 9.54. The van der Waals surface area contributed by atoms with Crippen molar-refractivity contribution in [2.24, 2.45) is 0 Å². The molecule has 0 saturated carbocycles. The van der Waals surface area contributed by atoms with Crippen molar-refractivity contribution in [2.75, 3.05) is 6.79 Å². The Kier molecular flexibility index (Phi) is 4.12. The van der Waals surface area contributed by atoms with Crippen LogP contribution in [0.4, 0.5) is 0 Å². The Morgan fingerprint density at radius 3 is 2.83 bits per heavy atom. The minimum absolute atomic E-state index is 0.00124. The van der Waals surface area contributed by atoms with Gasteiger partial charge in [-0.2, -0.15) is 0 Å². The minimum atomic E-state index is -0.555. The predicted molar refractivity (Wildman–Crippen MR) is 105 cm³/mol. The van der Waals surface area contributed by atoms with Gasteiger partial charge in [0.25, 0.3) is 5.56 Å². The Morgan fingerprint density at radius 2 is 1.97 bits per heavy atom. The average molecular weight is 393 g/mol. The smallest absolute Gasteiger partial charge is 0.328 e. The number of benzene rings is 2. The van der Waals surface area contributed by atoms with E-state index in [4.69, 9.17) is 9.47 Å². The van der Waals surface area contributed by atoms with Crippen molar-refractivity contribution in [3.8, 4) is 11.5 Å². The standard InChI is InChI=1S/C21H19N3O5/c25-19(22-15-6-5-12-3-1-2-4-13(12)15)7-8-24-20(26)14-9-17-18(29-11-28-17)10-16(14)23-21(24)27/h1-4,9-10,15H,5-8,11H2,(H,22,25)(H,23,27). The first kappa shape index (κ1) is 17.5. The predicted octanol–water partition coefficient (Wildman–Crippen LogP) is 1.61. The second-order valence-electron chi connectivity index (χ2n) is 7.25. The summed E-state index contributed by atoms with van der Waals surface area (Å²) >= 11 is 0. The molecule has 2 N–H and O–H groups in total. The minimum Gasteiger partial charge on any atom is -0.454 e. The lowest BCUT2D eigenvalue weighted by molar-refractivity contribution is -0.122. The van der Waals surface area contributed by atoms with Gasteiger partial charge in [0.05, 0.1) is 16.9 Å². The molecule has 0 radical (unpaired) electrons. The van der Waals surface area contributed by atoms with Gasteiger partial charge in [-0.1, -0.05) is 24.3 Å². The molecule has 29 heavy (non-hydrogen) atoms. The molecule has 0 fully saturated rings. The molecule has 2 aliphatic rings. The number of nitrogens with zero attached hydrogens (tertiary/aromatic N) is 1. The monoisotopic (exact) mass is 393 g/mol. The number of ether oxygens (including phenoxy) is 2. The zero-order chi connectivity index (χ0) is 20.0. The van der Waals surface area contributed by atoms with Crippen molar-refractivity contribution in [1.29, 1.82) is 0 Å². The van der Waals surface area contributed by atoms with E-state index in [0.29, 0.717) is 22.4 Å². The Hall–Kier alpha value is -3.55. The zero-order valence-corrected chi connectivity index (χ0v) is 15.6. The SMILES string of the molecule is O=C(CCn1c(=O)[nH]c2cc3c(cc2c1=O)OCO3)NC1CCc2ccccc21. The van der Waals surface area contributed by atoms with E-state index in [0.717, 1.165) is 23.0 Å². The van der Waals surface area contributed by atoms with Gasteiger partial charge in [0.1, 0.15) is 0 Å². The Bertz CT molecular complexity index is 1240. The van der Waals surface area contributed by atoms with Crippen LogP contribution in [0, 0.1) is 0 Å². The highest BCUT2D eigenvalue weighted by atomic mass is 16.7. The van der Waals surface area contributed by atoms with E-state index < -0.39 is 11.2 Å². The number of H-pyrrole nitrogens is 1. The Morgan fingerprint density at radius 1 is 1.17 bits per heavy atom. The van der Waals surface area contributed by atoms with E-state index in [-0.39, 0.29) is 31.7 Å². The molecule has 1 unspecified atom stereocenters. The molecule has 0 bridgehead atoms. The quantitative estimate of drug-likeness (QED) is 0.701. The van der Waals surface area contributed by atoms with E-state index in [9.17, 15) is 14.4 Å². The van der Waals surface area contributed by atoms with Crippen molar-refractivity contribution in [3.05, 3.63) is 68.4 Å². The number of aryl methyl sites for hydroxylation is 1. The molecule has 8 heteroatoms. The van der Waals surface area contributed by atoms with Crippen LogP contribution in [-0.4, -0.2) is 22.3 Å². The van der Waals surface area contributed by atoms with Crippen LogP contribution in [0.1, 0.15) is 30.0 Å². The van der Waals surface area contributed by atoms with Gasteiger partial charge in [-0.3, -0.25) is 14.2 Å². The summed E-state index contributed by atoms with van der Waals surface area (Å²) in [6, 6.07) is 11.2. The van der Waals surface area contributed by atoms with Crippen molar-refractivity contribution < 1.29 is 14.3 Å². The van der Waals surface area contributed by atoms with Crippen molar-refractivity contribution in [2.45, 2.75) is 31.8 Å². The lowest BCUT2D eigenvalue weighted by Gasteiger charge is -2.14. The summed E-state index contributed by atoms with van der Waals surface area (Å²) in [5, 5.41) is 3.33. The van der Waals surface area contributed by atoms with Gasteiger partial charge in [-0.05, 0) is 30.0 Å². The molecule has 1 atom stereocenters. The van der Waals surface area contributed by atoms with Gasteiger partial charge >= 0.3 is 5.69 Å². The number of aromatic nitrogens is 2. The van der Waals surface area contributed by atoms with Crippen LogP contribution in [0.2, 0.25) is 0 Å². The van der Waals surface area contributed by atoms with Crippen molar-refractivity contribution in [1.82, 2.24) is 14.9 Å². The van der Waals surface area contributed by atoms with Crippen LogP contribution in [-0.2, 0) is 17.8 Å². The van der Waals surface area contributed by atoms with E-state index in [2.05, 4.69) is 16.4 Å². The number of nitrogens with one attached hydrogen (secondary N) is 2. The molecule has 5 rings (SSSR count). The molecule has 1 aromatic heterocycles. The molecule has 2 heterocycles. The van der Waals surface area contributed by atoms with E-state index in [1.165, 1.54) is 5.56 Å². The lowest BCUT2D eigenvalue weighted by Crippen LogP contribution is -2.37. The second kappa shape index (κ2) is 6.80. The van der Waals surface area contributed by atoms with Crippen LogP contribution in [0.15, 0.2) is 46.0 Å². The maximum Gasteiger partial charge on any atom is 0.328 e. The summed E-state index contributed by atoms with van der Waals surface area (Å²) < 4.78 is 11.6. The molecule has 1 aliphatic heterocycles. The molecule has 2 aromatic carbocycles. The number of amides is 1. The largest absolute Gasteiger partial charge is 0.454 e. The summed E-state index contributed by atoms with van der Waals surface area (Å²) in [7, 11) is 0. The normalized spacial score (nSPS) is 16.8. The van der Waals surface area contributed by atoms with Crippen LogP contribution in [0.25, 0.3) is 10.9 Å². The molecule has 8 nitrogen and oxygen atoms in total. The number of aromatic amines is 1. The van der Waals surface area contributed by atoms with Gasteiger partial charge in [0.2, 0.25) is 12.7 Å². The van der Waals surface area contributed by atoms with E-state index in [1.54, 1.807) is 12.1 Å². The highest BCUT2D eigenvalue weighted by Gasteiger charge is 2.23. The maximum atomic E-state index is 12.8. The third kappa shape index (κ3) is 3.06. The van der Waals surface area contributed by atoms with Gasteiger partial charge < -0.3 is 19.8 Å². The maximum absolute atomic E-state index is 12.8. The van der Waals surface area contributed by atoms with Gasteiger partial charge in [0, 0.05) is 19.0 Å². The van der Waals surface area contributed by atoms with Crippen LogP contribution in [0.3, 0.4) is 0 Å². The van der Waals surface area contributed by atoms with Gasteiger partial charge in [-0.25, -0.2) is 4.79 Å². The number of carbonyl (C=O) groups is 1. The lowest BCUT2D eigenvalue weighted by atomic mass is 10.1. The molecular weight excluding hydrogens is 374 g/mol. The number of fused-ring (bicyclic) bond motifs is 3. The molecule has 1 amide bonds.